The van der Waals surface area contributed by atoms with E-state index >= 15 is 0 Å². The predicted octanol–water partition coefficient (Wildman–Crippen LogP) is 2.53. The Balaban J connectivity index is 1.72. The van der Waals surface area contributed by atoms with Crippen LogP contribution < -0.4 is 4.90 Å². The van der Waals surface area contributed by atoms with Gasteiger partial charge in [0.15, 0.2) is 0 Å². The number of nitrogens with zero attached hydrogens (tertiary/aromatic N) is 3. The number of hydrogen-bond acceptors (Lipinski definition) is 4. The molecule has 5 heteroatoms. The summed E-state index contributed by atoms with van der Waals surface area (Å²) in [6.45, 7) is 3.81. The molecule has 2 aromatic carbocycles. The fourth-order valence-corrected chi connectivity index (χ4v) is 3.60. The summed E-state index contributed by atoms with van der Waals surface area (Å²) < 4.78 is 0. The third-order valence-corrected chi connectivity index (χ3v) is 4.91. The summed E-state index contributed by atoms with van der Waals surface area (Å²) in [6.07, 6.45) is 0. The minimum Gasteiger partial charge on any atom is -0.323 e. The molecule has 0 N–H and O–H groups in total. The van der Waals surface area contributed by atoms with Gasteiger partial charge in [0, 0.05) is 25.8 Å². The highest BCUT2D eigenvalue weighted by atomic mass is 16.2. The molecule has 2 heterocycles. The SMILES string of the molecule is Cc1cccc(N2CN(Cc3ccccc3)CC3=C2C(=O)N(C)C3=O)c1. The van der Waals surface area contributed by atoms with E-state index in [9.17, 15) is 9.59 Å². The fraction of sp³-hybridized carbons (Fsp3) is 0.238. The molecule has 0 saturated heterocycles. The number of aryl methyl sites for hydroxylation is 1. The zero-order chi connectivity index (χ0) is 18.3. The van der Waals surface area contributed by atoms with Crippen molar-refractivity contribution in [3.05, 3.63) is 77.0 Å². The third-order valence-electron chi connectivity index (χ3n) is 4.91. The molecule has 2 aliphatic heterocycles. The van der Waals surface area contributed by atoms with Crippen LogP contribution in [0.3, 0.4) is 0 Å². The molecule has 0 bridgehead atoms. The molecule has 0 atom stereocenters. The van der Waals surface area contributed by atoms with Gasteiger partial charge in [-0.3, -0.25) is 19.4 Å². The maximum absolute atomic E-state index is 12.7. The Bertz CT molecular complexity index is 904. The van der Waals surface area contributed by atoms with Crippen LogP contribution >= 0.6 is 0 Å². The fourth-order valence-electron chi connectivity index (χ4n) is 3.60. The molecule has 26 heavy (non-hydrogen) atoms. The second kappa shape index (κ2) is 6.42. The highest BCUT2D eigenvalue weighted by Crippen LogP contribution is 2.32. The highest BCUT2D eigenvalue weighted by Gasteiger charge is 2.42. The number of imide groups is 1. The van der Waals surface area contributed by atoms with Crippen molar-refractivity contribution in [2.24, 2.45) is 0 Å². The monoisotopic (exact) mass is 347 g/mol. The third kappa shape index (κ3) is 2.80. The van der Waals surface area contributed by atoms with Crippen molar-refractivity contribution in [2.45, 2.75) is 13.5 Å². The minimum atomic E-state index is -0.217. The van der Waals surface area contributed by atoms with E-state index in [1.165, 1.54) is 10.5 Å². The van der Waals surface area contributed by atoms with E-state index in [0.717, 1.165) is 17.8 Å². The van der Waals surface area contributed by atoms with E-state index in [2.05, 4.69) is 17.0 Å². The normalized spacial score (nSPS) is 17.9. The van der Waals surface area contributed by atoms with Crippen molar-refractivity contribution in [2.75, 3.05) is 25.2 Å². The van der Waals surface area contributed by atoms with Crippen molar-refractivity contribution in [1.29, 1.82) is 0 Å². The number of likely N-dealkylation sites (N-methyl/N-ethyl adjacent to an activating group) is 1. The highest BCUT2D eigenvalue weighted by molar-refractivity contribution is 6.21. The number of hydrogen-bond donors (Lipinski definition) is 0. The van der Waals surface area contributed by atoms with Crippen LogP contribution in [0, 0.1) is 6.92 Å². The van der Waals surface area contributed by atoms with Crippen LogP contribution in [0.15, 0.2) is 65.9 Å². The molecule has 2 aliphatic rings. The lowest BCUT2D eigenvalue weighted by molar-refractivity contribution is -0.135. The lowest BCUT2D eigenvalue weighted by Crippen LogP contribution is -2.44. The number of amides is 2. The van der Waals surface area contributed by atoms with Gasteiger partial charge in [0.05, 0.1) is 12.2 Å². The number of carbonyl (C=O) groups excluding carboxylic acids is 2. The van der Waals surface area contributed by atoms with Crippen LogP contribution in [0.1, 0.15) is 11.1 Å². The Morgan fingerprint density at radius 2 is 1.73 bits per heavy atom. The van der Waals surface area contributed by atoms with Crippen LogP contribution in [0.2, 0.25) is 0 Å². The molecule has 132 valence electrons. The predicted molar refractivity (Wildman–Crippen MR) is 100 cm³/mol. The van der Waals surface area contributed by atoms with Crippen molar-refractivity contribution >= 4 is 17.5 Å². The van der Waals surface area contributed by atoms with Gasteiger partial charge in [-0.1, -0.05) is 42.5 Å². The molecule has 0 radical (unpaired) electrons. The Kier molecular flexibility index (Phi) is 4.09. The van der Waals surface area contributed by atoms with Crippen molar-refractivity contribution < 1.29 is 9.59 Å². The molecule has 5 nitrogen and oxygen atoms in total. The maximum Gasteiger partial charge on any atom is 0.277 e. The zero-order valence-corrected chi connectivity index (χ0v) is 15.0. The number of anilines is 1. The van der Waals surface area contributed by atoms with E-state index in [-0.39, 0.29) is 11.8 Å². The molecule has 2 aromatic rings. The van der Waals surface area contributed by atoms with Crippen LogP contribution in [0.4, 0.5) is 5.69 Å². The van der Waals surface area contributed by atoms with Gasteiger partial charge in [-0.25, -0.2) is 0 Å². The molecule has 0 saturated carbocycles. The smallest absolute Gasteiger partial charge is 0.277 e. The number of rotatable bonds is 3. The van der Waals surface area contributed by atoms with Gasteiger partial charge in [0.1, 0.15) is 5.70 Å². The van der Waals surface area contributed by atoms with Crippen LogP contribution in [0.25, 0.3) is 0 Å². The van der Waals surface area contributed by atoms with Crippen molar-refractivity contribution in [3.8, 4) is 0 Å². The van der Waals surface area contributed by atoms with Gasteiger partial charge < -0.3 is 4.90 Å². The standard InChI is InChI=1S/C21H21N3O2/c1-15-7-6-10-17(11-15)24-14-23(12-16-8-4-3-5-9-16)13-18-19(24)21(26)22(2)20(18)25/h3-11H,12-14H2,1-2H3. The van der Waals surface area contributed by atoms with Gasteiger partial charge >= 0.3 is 0 Å². The average molecular weight is 347 g/mol. The molecular formula is C21H21N3O2. The Labute approximate surface area is 153 Å². The van der Waals surface area contributed by atoms with Gasteiger partial charge in [-0.2, -0.15) is 0 Å². The van der Waals surface area contributed by atoms with Crippen LogP contribution in [-0.2, 0) is 16.1 Å². The number of carbonyl (C=O) groups is 2. The summed E-state index contributed by atoms with van der Waals surface area (Å²) in [4.78, 5) is 30.6. The molecule has 0 spiro atoms. The average Bonchev–Trinajstić information content (AvgIpc) is 2.86. The van der Waals surface area contributed by atoms with Gasteiger partial charge in [0.2, 0.25) is 0 Å². The molecular weight excluding hydrogens is 326 g/mol. The summed E-state index contributed by atoms with van der Waals surface area (Å²) in [7, 11) is 1.55. The van der Waals surface area contributed by atoms with E-state index in [1.807, 2.05) is 54.3 Å². The molecule has 0 aromatic heterocycles. The maximum atomic E-state index is 12.7. The summed E-state index contributed by atoms with van der Waals surface area (Å²) in [6, 6.07) is 18.2. The quantitative estimate of drug-likeness (QED) is 0.801. The van der Waals surface area contributed by atoms with Crippen molar-refractivity contribution in [3.63, 3.8) is 0 Å². The lowest BCUT2D eigenvalue weighted by atomic mass is 10.1. The Morgan fingerprint density at radius 3 is 2.46 bits per heavy atom. The van der Waals surface area contributed by atoms with E-state index < -0.39 is 0 Å². The van der Waals surface area contributed by atoms with Gasteiger partial charge in [-0.05, 0) is 30.2 Å². The lowest BCUT2D eigenvalue weighted by Gasteiger charge is -2.36. The molecule has 0 aliphatic carbocycles. The second-order valence-corrected chi connectivity index (χ2v) is 6.88. The first kappa shape index (κ1) is 16.5. The second-order valence-electron chi connectivity index (χ2n) is 6.88. The first-order valence-electron chi connectivity index (χ1n) is 8.70. The summed E-state index contributed by atoms with van der Waals surface area (Å²) in [5, 5.41) is 0. The number of benzene rings is 2. The van der Waals surface area contributed by atoms with Crippen LogP contribution in [-0.4, -0.2) is 41.9 Å². The van der Waals surface area contributed by atoms with Gasteiger partial charge in [0.25, 0.3) is 11.8 Å². The Morgan fingerprint density at radius 1 is 0.962 bits per heavy atom. The Hall–Kier alpha value is -2.92. The van der Waals surface area contributed by atoms with E-state index in [1.54, 1.807) is 7.05 Å². The summed E-state index contributed by atoms with van der Waals surface area (Å²) >= 11 is 0. The van der Waals surface area contributed by atoms with Gasteiger partial charge in [-0.15, -0.1) is 0 Å². The van der Waals surface area contributed by atoms with Crippen LogP contribution in [0.5, 0.6) is 0 Å². The molecule has 0 fully saturated rings. The summed E-state index contributed by atoms with van der Waals surface area (Å²) in [5.74, 6) is -0.411. The molecule has 2 amide bonds. The zero-order valence-electron chi connectivity index (χ0n) is 15.0. The summed E-state index contributed by atoms with van der Waals surface area (Å²) in [5.41, 5.74) is 4.35. The molecule has 4 rings (SSSR count). The van der Waals surface area contributed by atoms with E-state index in [4.69, 9.17) is 0 Å². The molecule has 0 unspecified atom stereocenters. The minimum absolute atomic E-state index is 0.194. The van der Waals surface area contributed by atoms with Crippen molar-refractivity contribution in [1.82, 2.24) is 9.80 Å². The first-order chi connectivity index (χ1) is 12.5. The topological polar surface area (TPSA) is 43.9 Å². The largest absolute Gasteiger partial charge is 0.323 e. The first-order valence-corrected chi connectivity index (χ1v) is 8.70. The van der Waals surface area contributed by atoms with E-state index in [0.29, 0.717) is 24.5 Å².